The van der Waals surface area contributed by atoms with Gasteiger partial charge in [0.05, 0.1) is 35.4 Å². The van der Waals surface area contributed by atoms with Crippen LogP contribution in [0.2, 0.25) is 0 Å². The first-order chi connectivity index (χ1) is 24.9. The molecule has 1 heterocycles. The minimum Gasteiger partial charge on any atom is -0.457 e. The van der Waals surface area contributed by atoms with Crippen LogP contribution >= 0.6 is 0 Å². The van der Waals surface area contributed by atoms with Crippen LogP contribution in [0, 0.1) is 36.5 Å². The largest absolute Gasteiger partial charge is 0.457 e. The second-order valence-corrected chi connectivity index (χ2v) is 15.2. The number of nitrogens with zero attached hydrogens (tertiary/aromatic N) is 3. The molecule has 2 aliphatic carbocycles. The number of hydrogen-bond donors (Lipinski definition) is 0. The molecule has 0 radical (unpaired) electrons. The van der Waals surface area contributed by atoms with Gasteiger partial charge in [-0.25, -0.2) is 9.48 Å². The minimum atomic E-state index is -0.527. The van der Waals surface area contributed by atoms with Gasteiger partial charge in [-0.15, -0.1) is 12.3 Å². The lowest BCUT2D eigenvalue weighted by molar-refractivity contribution is -0.150. The Bertz CT molecular complexity index is 1930. The topological polar surface area (TPSA) is 118 Å². The molecule has 53 heavy (non-hydrogen) atoms. The van der Waals surface area contributed by atoms with Crippen molar-refractivity contribution in [3.63, 3.8) is 0 Å². The van der Waals surface area contributed by atoms with Crippen molar-refractivity contribution in [1.82, 2.24) is 9.78 Å². The predicted octanol–water partition coefficient (Wildman–Crippen LogP) is 8.48. The van der Waals surface area contributed by atoms with E-state index in [0.717, 1.165) is 22.4 Å². The molecule has 1 aromatic heterocycles. The summed E-state index contributed by atoms with van der Waals surface area (Å²) in [7, 11) is 1.82. The average Bonchev–Trinajstić information content (AvgIpc) is 3.36. The Morgan fingerprint density at radius 3 is 2.34 bits per heavy atom. The summed E-state index contributed by atoms with van der Waals surface area (Å²) in [5.74, 6) is 3.34. The van der Waals surface area contributed by atoms with Crippen molar-refractivity contribution in [1.29, 1.82) is 0 Å². The molecule has 0 amide bonds. The number of esters is 2. The first kappa shape index (κ1) is 40.3. The number of oxime groups is 1. The first-order valence-electron chi connectivity index (χ1n) is 17.7. The highest BCUT2D eigenvalue weighted by atomic mass is 16.6. The van der Waals surface area contributed by atoms with Crippen molar-refractivity contribution in [2.45, 2.75) is 93.5 Å². The van der Waals surface area contributed by atoms with Gasteiger partial charge in [-0.2, -0.15) is 5.10 Å². The van der Waals surface area contributed by atoms with Crippen molar-refractivity contribution in [2.24, 2.45) is 29.5 Å². The number of para-hydroxylation sites is 1. The van der Waals surface area contributed by atoms with Gasteiger partial charge in [0.15, 0.2) is 5.78 Å². The number of ketones is 1. The molecule has 10 heteroatoms. The van der Waals surface area contributed by atoms with E-state index in [1.165, 1.54) is 5.57 Å². The number of ether oxygens (including phenoxy) is 3. The number of terminal acetylenes is 1. The van der Waals surface area contributed by atoms with E-state index in [4.69, 9.17) is 25.5 Å². The molecule has 2 aromatic carbocycles. The number of hydrogen-bond acceptors (Lipinski definition) is 9. The molecular weight excluding hydrogens is 670 g/mol. The Labute approximate surface area is 313 Å². The summed E-state index contributed by atoms with van der Waals surface area (Å²) in [6.07, 6.45) is 9.12. The number of benzene rings is 2. The zero-order valence-corrected chi connectivity index (χ0v) is 32.5. The van der Waals surface area contributed by atoms with Gasteiger partial charge in [-0.3, -0.25) is 9.59 Å². The number of carbonyl (C=O) groups is 3. The van der Waals surface area contributed by atoms with E-state index >= 15 is 0 Å². The summed E-state index contributed by atoms with van der Waals surface area (Å²) < 4.78 is 18.6. The Kier molecular flexibility index (Phi) is 12.9. The molecule has 5 rings (SSSR count). The van der Waals surface area contributed by atoms with Crippen LogP contribution in [0.1, 0.15) is 95.4 Å². The van der Waals surface area contributed by atoms with Gasteiger partial charge < -0.3 is 19.0 Å². The zero-order chi connectivity index (χ0) is 39.1. The van der Waals surface area contributed by atoms with Crippen molar-refractivity contribution in [3.05, 3.63) is 99.8 Å². The van der Waals surface area contributed by atoms with Crippen molar-refractivity contribution in [3.8, 4) is 24.0 Å². The maximum absolute atomic E-state index is 12.5. The molecule has 3 aromatic rings. The second-order valence-electron chi connectivity index (χ2n) is 15.2. The third-order valence-electron chi connectivity index (χ3n) is 9.13. The van der Waals surface area contributed by atoms with E-state index in [2.05, 4.69) is 36.1 Å². The van der Waals surface area contributed by atoms with Crippen LogP contribution in [0.5, 0.6) is 11.6 Å². The molecule has 0 saturated heterocycles. The third-order valence-corrected chi connectivity index (χ3v) is 9.13. The van der Waals surface area contributed by atoms with Gasteiger partial charge in [0, 0.05) is 19.0 Å². The lowest BCUT2D eigenvalue weighted by atomic mass is 10.1. The van der Waals surface area contributed by atoms with Gasteiger partial charge in [0.2, 0.25) is 5.88 Å². The number of aryl methyl sites for hydroxylation is 2. The van der Waals surface area contributed by atoms with Crippen LogP contribution in [0.25, 0.3) is 0 Å². The highest BCUT2D eigenvalue weighted by molar-refractivity contribution is 6.00. The normalized spacial score (nSPS) is 18.8. The number of rotatable bonds is 11. The highest BCUT2D eigenvalue weighted by Crippen LogP contribution is 2.60. The lowest BCUT2D eigenvalue weighted by Crippen LogP contribution is -2.23. The molecule has 1 fully saturated rings. The maximum atomic E-state index is 12.5. The van der Waals surface area contributed by atoms with Crippen molar-refractivity contribution in [2.75, 3.05) is 0 Å². The first-order valence-corrected chi connectivity index (χ1v) is 17.7. The molecule has 0 bridgehead atoms. The summed E-state index contributed by atoms with van der Waals surface area (Å²) in [6.45, 7) is 17.7. The van der Waals surface area contributed by atoms with Gasteiger partial charge in [-0.1, -0.05) is 61.0 Å². The highest BCUT2D eigenvalue weighted by Gasteiger charge is 2.61. The number of allylic oxidation sites excluding steroid dienone is 3. The number of aromatic nitrogens is 2. The van der Waals surface area contributed by atoms with Crippen LogP contribution < -0.4 is 4.74 Å². The van der Waals surface area contributed by atoms with E-state index in [1.54, 1.807) is 23.0 Å². The molecule has 2 unspecified atom stereocenters. The standard InChI is InChI=1S/C24H27N3O4.C19H24O3/c1-17-21(22(27(5)26-17)30-20-9-7-6-8-10-20)15-25-29-16-18-11-13-19(14-12-18)23(28)31-24(2,3)4;1-7-8-13-12(4)16(10-15(13)20)22-18(21)17-14(9-11(2)3)19(17,5)6/h6-15H,16H2,1-5H3;1,9,14,16-17H,8,10H2,2-6H3/b25-15+;/t;14?,16-,17?/m.0/s1. The Balaban J connectivity index is 0.000000251. The van der Waals surface area contributed by atoms with Gasteiger partial charge in [0.25, 0.3) is 0 Å². The number of Topliss-reactive ketones (excluding diaryl/α,β-unsaturated/α-hetero) is 1. The Morgan fingerprint density at radius 1 is 1.08 bits per heavy atom. The second kappa shape index (κ2) is 16.9. The van der Waals surface area contributed by atoms with Crippen LogP contribution in [0.4, 0.5) is 0 Å². The van der Waals surface area contributed by atoms with Crippen LogP contribution in [-0.4, -0.2) is 45.4 Å². The van der Waals surface area contributed by atoms with Crippen molar-refractivity contribution >= 4 is 23.9 Å². The molecule has 1 saturated carbocycles. The molecule has 280 valence electrons. The smallest absolute Gasteiger partial charge is 0.338 e. The van der Waals surface area contributed by atoms with Crippen LogP contribution in [0.3, 0.4) is 0 Å². The average molecular weight is 722 g/mol. The fraction of sp³-hybridized carbons (Fsp3) is 0.419. The molecule has 0 N–H and O–H groups in total. The number of carbonyl (C=O) groups excluding carboxylic acids is 3. The van der Waals surface area contributed by atoms with E-state index in [-0.39, 0.29) is 48.0 Å². The molecular formula is C43H51N3O7. The summed E-state index contributed by atoms with van der Waals surface area (Å²) in [5, 5.41) is 8.47. The predicted molar refractivity (Wildman–Crippen MR) is 204 cm³/mol. The fourth-order valence-electron chi connectivity index (χ4n) is 6.14. The van der Waals surface area contributed by atoms with E-state index < -0.39 is 11.7 Å². The summed E-state index contributed by atoms with van der Waals surface area (Å²) in [4.78, 5) is 41.9. The van der Waals surface area contributed by atoms with Gasteiger partial charge in [-0.05, 0) is 95.2 Å². The minimum absolute atomic E-state index is 0.00385. The van der Waals surface area contributed by atoms with Crippen molar-refractivity contribution < 1.29 is 33.4 Å². The summed E-state index contributed by atoms with van der Waals surface area (Å²) in [5.41, 5.74) is 4.96. The van der Waals surface area contributed by atoms with Gasteiger partial charge >= 0.3 is 11.9 Å². The van der Waals surface area contributed by atoms with Gasteiger partial charge in [0.1, 0.15) is 24.1 Å². The molecule has 2 aliphatic rings. The SMILES string of the molecule is C#CCC1=C(C)[C@@H](OC(=O)C2C(C=C(C)C)C2(C)C)CC1=O.Cc1nn(C)c(Oc2ccccc2)c1/C=N/OCc1ccc(C(=O)OC(C)(C)C)cc1. The van der Waals surface area contributed by atoms with Crippen LogP contribution in [-0.2, 0) is 37.6 Å². The molecule has 0 aliphatic heterocycles. The molecule has 0 spiro atoms. The summed E-state index contributed by atoms with van der Waals surface area (Å²) in [6, 6.07) is 16.6. The quantitative estimate of drug-likeness (QED) is 0.0636. The Hall–Kier alpha value is -5.43. The molecule has 3 atom stereocenters. The lowest BCUT2D eigenvalue weighted by Gasteiger charge is -2.19. The van der Waals surface area contributed by atoms with E-state index in [9.17, 15) is 14.4 Å². The van der Waals surface area contributed by atoms with E-state index in [1.807, 2.05) is 98.0 Å². The molecule has 10 nitrogen and oxygen atoms in total. The summed E-state index contributed by atoms with van der Waals surface area (Å²) >= 11 is 0. The third kappa shape index (κ3) is 10.6. The van der Waals surface area contributed by atoms with E-state index in [0.29, 0.717) is 29.2 Å². The van der Waals surface area contributed by atoms with Crippen LogP contribution in [0.15, 0.2) is 82.5 Å². The Morgan fingerprint density at radius 2 is 1.74 bits per heavy atom. The maximum Gasteiger partial charge on any atom is 0.338 e. The zero-order valence-electron chi connectivity index (χ0n) is 32.5. The fourth-order valence-corrected chi connectivity index (χ4v) is 6.14. The monoisotopic (exact) mass is 721 g/mol.